The maximum atomic E-state index is 11.8. The molecule has 0 aliphatic rings. The van der Waals surface area contributed by atoms with E-state index < -0.39 is 0 Å². The Balaban J connectivity index is 1.91. The predicted molar refractivity (Wildman–Crippen MR) is 80.3 cm³/mol. The number of aromatic nitrogens is 2. The maximum absolute atomic E-state index is 11.8. The molecule has 2 aromatic rings. The van der Waals surface area contributed by atoms with E-state index in [-0.39, 0.29) is 5.91 Å². The Morgan fingerprint density at radius 3 is 2.79 bits per heavy atom. The molecule has 19 heavy (non-hydrogen) atoms. The van der Waals surface area contributed by atoms with Crippen LogP contribution in [0.25, 0.3) is 0 Å². The van der Waals surface area contributed by atoms with Gasteiger partial charge in [0.15, 0.2) is 5.16 Å². The van der Waals surface area contributed by atoms with Crippen LogP contribution in [0.2, 0.25) is 0 Å². The molecule has 0 saturated heterocycles. The lowest BCUT2D eigenvalue weighted by Crippen LogP contribution is -2.15. The molecule has 4 nitrogen and oxygen atoms in total. The Labute approximate surface area is 124 Å². The van der Waals surface area contributed by atoms with E-state index in [0.717, 1.165) is 15.7 Å². The molecule has 0 aliphatic heterocycles. The van der Waals surface area contributed by atoms with Crippen molar-refractivity contribution in [3.63, 3.8) is 0 Å². The topological polar surface area (TPSA) is 54.9 Å². The van der Waals surface area contributed by atoms with E-state index in [0.29, 0.717) is 10.9 Å². The lowest BCUT2D eigenvalue weighted by Gasteiger charge is -2.08. The summed E-state index contributed by atoms with van der Waals surface area (Å²) in [6, 6.07) is 7.48. The molecule has 1 aromatic carbocycles. The minimum Gasteiger partial charge on any atom is -0.325 e. The zero-order valence-electron chi connectivity index (χ0n) is 10.3. The maximum Gasteiger partial charge on any atom is 0.234 e. The quantitative estimate of drug-likeness (QED) is 0.687. The minimum atomic E-state index is -0.0668. The van der Waals surface area contributed by atoms with Crippen molar-refractivity contribution in [3.8, 4) is 0 Å². The molecule has 0 spiro atoms. The molecule has 0 atom stereocenters. The first-order valence-electron chi connectivity index (χ1n) is 5.61. The first kappa shape index (κ1) is 14.0. The van der Waals surface area contributed by atoms with Crippen LogP contribution in [0.1, 0.15) is 5.56 Å². The van der Waals surface area contributed by atoms with Crippen molar-refractivity contribution in [2.45, 2.75) is 12.1 Å². The number of nitrogens with one attached hydrogen (secondary N) is 1. The number of hydrogen-bond donors (Lipinski definition) is 1. The van der Waals surface area contributed by atoms with E-state index in [1.165, 1.54) is 11.8 Å². The smallest absolute Gasteiger partial charge is 0.234 e. The van der Waals surface area contributed by atoms with Crippen molar-refractivity contribution in [2.75, 3.05) is 11.1 Å². The van der Waals surface area contributed by atoms with Gasteiger partial charge in [-0.05, 0) is 36.8 Å². The van der Waals surface area contributed by atoms with Crippen LogP contribution in [0, 0.1) is 6.92 Å². The number of halogens is 1. The third-order valence-corrected chi connectivity index (χ3v) is 3.71. The molecule has 0 fully saturated rings. The summed E-state index contributed by atoms with van der Waals surface area (Å²) in [5.41, 5.74) is 1.84. The molecule has 6 heteroatoms. The monoisotopic (exact) mass is 337 g/mol. The van der Waals surface area contributed by atoms with Crippen molar-refractivity contribution in [1.29, 1.82) is 0 Å². The van der Waals surface area contributed by atoms with Crippen molar-refractivity contribution in [3.05, 3.63) is 46.7 Å². The SMILES string of the molecule is Cc1cc(Br)ccc1NC(=O)CSc1ncccn1. The zero-order chi connectivity index (χ0) is 13.7. The summed E-state index contributed by atoms with van der Waals surface area (Å²) >= 11 is 4.70. The number of anilines is 1. The fourth-order valence-corrected chi connectivity index (χ4v) is 2.52. The van der Waals surface area contributed by atoms with Crippen LogP contribution < -0.4 is 5.32 Å². The molecule has 1 heterocycles. The van der Waals surface area contributed by atoms with Gasteiger partial charge in [0.2, 0.25) is 5.91 Å². The second-order valence-corrected chi connectivity index (χ2v) is 5.69. The summed E-state index contributed by atoms with van der Waals surface area (Å²) in [7, 11) is 0. The highest BCUT2D eigenvalue weighted by Crippen LogP contribution is 2.20. The van der Waals surface area contributed by atoms with E-state index in [1.807, 2.05) is 25.1 Å². The van der Waals surface area contributed by atoms with E-state index in [4.69, 9.17) is 0 Å². The van der Waals surface area contributed by atoms with E-state index in [2.05, 4.69) is 31.2 Å². The molecule has 1 aromatic heterocycles. The molecule has 0 unspecified atom stereocenters. The van der Waals surface area contributed by atoms with Crippen LogP contribution in [0.15, 0.2) is 46.3 Å². The van der Waals surface area contributed by atoms with Gasteiger partial charge in [-0.3, -0.25) is 4.79 Å². The van der Waals surface area contributed by atoms with Crippen molar-refractivity contribution in [2.24, 2.45) is 0 Å². The van der Waals surface area contributed by atoms with Crippen LogP contribution in [-0.2, 0) is 4.79 Å². The molecule has 1 N–H and O–H groups in total. The number of benzene rings is 1. The van der Waals surface area contributed by atoms with E-state index in [9.17, 15) is 4.79 Å². The van der Waals surface area contributed by atoms with Gasteiger partial charge < -0.3 is 5.32 Å². The van der Waals surface area contributed by atoms with Crippen LogP contribution in [0.3, 0.4) is 0 Å². The number of carbonyl (C=O) groups is 1. The van der Waals surface area contributed by atoms with Gasteiger partial charge in [-0.2, -0.15) is 0 Å². The van der Waals surface area contributed by atoms with Gasteiger partial charge in [-0.1, -0.05) is 27.7 Å². The first-order valence-corrected chi connectivity index (χ1v) is 7.39. The summed E-state index contributed by atoms with van der Waals surface area (Å²) in [4.78, 5) is 19.9. The molecule has 1 amide bonds. The number of rotatable bonds is 4. The zero-order valence-corrected chi connectivity index (χ0v) is 12.7. The van der Waals surface area contributed by atoms with Crippen LogP contribution in [0.5, 0.6) is 0 Å². The number of amides is 1. The number of nitrogens with zero attached hydrogens (tertiary/aromatic N) is 2. The Bertz CT molecular complexity index is 577. The minimum absolute atomic E-state index is 0.0668. The van der Waals surface area contributed by atoms with E-state index >= 15 is 0 Å². The lowest BCUT2D eigenvalue weighted by molar-refractivity contribution is -0.113. The highest BCUT2D eigenvalue weighted by atomic mass is 79.9. The number of aryl methyl sites for hydroxylation is 1. The largest absolute Gasteiger partial charge is 0.325 e. The second-order valence-electron chi connectivity index (χ2n) is 3.83. The Morgan fingerprint density at radius 1 is 1.37 bits per heavy atom. The molecule has 0 aliphatic carbocycles. The predicted octanol–water partition coefficient (Wildman–Crippen LogP) is 3.28. The standard InChI is InChI=1S/C13H12BrN3OS/c1-9-7-10(14)3-4-11(9)17-12(18)8-19-13-15-5-2-6-16-13/h2-7H,8H2,1H3,(H,17,18). The van der Waals surface area contributed by atoms with Gasteiger partial charge in [0.05, 0.1) is 5.75 Å². The number of hydrogen-bond acceptors (Lipinski definition) is 4. The van der Waals surface area contributed by atoms with Gasteiger partial charge >= 0.3 is 0 Å². The fourth-order valence-electron chi connectivity index (χ4n) is 1.44. The number of thioether (sulfide) groups is 1. The van der Waals surface area contributed by atoms with Gasteiger partial charge in [-0.25, -0.2) is 9.97 Å². The third-order valence-electron chi connectivity index (χ3n) is 2.34. The van der Waals surface area contributed by atoms with Crippen molar-refractivity contribution >= 4 is 39.3 Å². The normalized spacial score (nSPS) is 10.2. The van der Waals surface area contributed by atoms with Gasteiger partial charge in [0.25, 0.3) is 0 Å². The average Bonchev–Trinajstić information content (AvgIpc) is 2.41. The van der Waals surface area contributed by atoms with Crippen molar-refractivity contribution in [1.82, 2.24) is 9.97 Å². The average molecular weight is 338 g/mol. The highest BCUT2D eigenvalue weighted by Gasteiger charge is 2.06. The molecule has 0 saturated carbocycles. The van der Waals surface area contributed by atoms with Crippen LogP contribution in [-0.4, -0.2) is 21.6 Å². The molecule has 98 valence electrons. The summed E-state index contributed by atoms with van der Waals surface area (Å²) in [6.45, 7) is 1.95. The second kappa shape index (κ2) is 6.68. The molecule has 0 radical (unpaired) electrons. The van der Waals surface area contributed by atoms with Crippen LogP contribution in [0.4, 0.5) is 5.69 Å². The molecule has 2 rings (SSSR count). The number of carbonyl (C=O) groups excluding carboxylic acids is 1. The molecular formula is C13H12BrN3OS. The Hall–Kier alpha value is -1.40. The Morgan fingerprint density at radius 2 is 2.11 bits per heavy atom. The van der Waals surface area contributed by atoms with E-state index in [1.54, 1.807) is 18.5 Å². The molecule has 0 bridgehead atoms. The Kier molecular flexibility index (Phi) is 4.93. The summed E-state index contributed by atoms with van der Waals surface area (Å²) in [6.07, 6.45) is 3.32. The summed E-state index contributed by atoms with van der Waals surface area (Å²) in [5.74, 6) is 0.224. The third kappa shape index (κ3) is 4.33. The van der Waals surface area contributed by atoms with Crippen LogP contribution >= 0.6 is 27.7 Å². The highest BCUT2D eigenvalue weighted by molar-refractivity contribution is 9.10. The van der Waals surface area contributed by atoms with Gasteiger partial charge in [-0.15, -0.1) is 0 Å². The van der Waals surface area contributed by atoms with Crippen molar-refractivity contribution < 1.29 is 4.79 Å². The summed E-state index contributed by atoms with van der Waals surface area (Å²) in [5, 5.41) is 3.47. The first-order chi connectivity index (χ1) is 9.15. The molecular weight excluding hydrogens is 326 g/mol. The van der Waals surface area contributed by atoms with Gasteiger partial charge in [0.1, 0.15) is 0 Å². The fraction of sp³-hybridized carbons (Fsp3) is 0.154. The lowest BCUT2D eigenvalue weighted by atomic mass is 10.2. The van der Waals surface area contributed by atoms with Gasteiger partial charge in [0, 0.05) is 22.6 Å². The summed E-state index contributed by atoms with van der Waals surface area (Å²) < 4.78 is 0.995.